The van der Waals surface area contributed by atoms with Crippen LogP contribution in [-0.4, -0.2) is 19.6 Å². The van der Waals surface area contributed by atoms with Gasteiger partial charge in [-0.15, -0.1) is 0 Å². The van der Waals surface area contributed by atoms with Gasteiger partial charge < -0.3 is 14.8 Å². The van der Waals surface area contributed by atoms with Crippen molar-refractivity contribution in [3.05, 3.63) is 65.2 Å². The Morgan fingerprint density at radius 3 is 2.55 bits per heavy atom. The summed E-state index contributed by atoms with van der Waals surface area (Å²) in [6, 6.07) is 15.3. The molecule has 1 amide bonds. The maximum absolute atomic E-state index is 11.9. The zero-order chi connectivity index (χ0) is 15.8. The molecule has 2 rings (SSSR count). The third-order valence-corrected chi connectivity index (χ3v) is 3.25. The topological polar surface area (TPSA) is 47.6 Å². The number of methoxy groups -OCH3 is 1. The van der Waals surface area contributed by atoms with Gasteiger partial charge in [0.15, 0.2) is 0 Å². The molecular weight excluding hydrogens is 278 g/mol. The molecular formula is C18H21NO3. The third-order valence-electron chi connectivity index (χ3n) is 3.25. The van der Waals surface area contributed by atoms with E-state index in [-0.39, 0.29) is 5.91 Å². The molecule has 0 aliphatic heterocycles. The Bertz CT molecular complexity index is 611. The highest BCUT2D eigenvalue weighted by atomic mass is 16.5. The summed E-state index contributed by atoms with van der Waals surface area (Å²) < 4.78 is 11.1. The van der Waals surface area contributed by atoms with Gasteiger partial charge in [-0.05, 0) is 30.7 Å². The maximum Gasteiger partial charge on any atom is 0.251 e. The normalized spacial score (nSPS) is 10.3. The fraction of sp³-hybridized carbons (Fsp3) is 0.278. The molecule has 0 saturated heterocycles. The molecule has 2 aromatic carbocycles. The van der Waals surface area contributed by atoms with E-state index in [0.717, 1.165) is 16.9 Å². The van der Waals surface area contributed by atoms with E-state index < -0.39 is 0 Å². The van der Waals surface area contributed by atoms with Crippen molar-refractivity contribution in [2.75, 3.05) is 13.7 Å². The minimum Gasteiger partial charge on any atom is -0.496 e. The molecule has 116 valence electrons. The standard InChI is InChI=1S/C18H21NO3/c1-3-19-18(20)15-9-10-17(21-2)16(11-15)13-22-12-14-7-5-4-6-8-14/h4-11H,3,12-13H2,1-2H3,(H,19,20). The van der Waals surface area contributed by atoms with E-state index in [2.05, 4.69) is 5.32 Å². The summed E-state index contributed by atoms with van der Waals surface area (Å²) in [5.41, 5.74) is 2.59. The lowest BCUT2D eigenvalue weighted by atomic mass is 10.1. The van der Waals surface area contributed by atoms with Crippen molar-refractivity contribution >= 4 is 5.91 Å². The number of hydrogen-bond donors (Lipinski definition) is 1. The molecule has 0 bridgehead atoms. The molecule has 0 unspecified atom stereocenters. The maximum atomic E-state index is 11.9. The summed E-state index contributed by atoms with van der Waals surface area (Å²) in [5, 5.41) is 2.79. The lowest BCUT2D eigenvalue weighted by Crippen LogP contribution is -2.22. The van der Waals surface area contributed by atoms with Gasteiger partial charge >= 0.3 is 0 Å². The Balaban J connectivity index is 2.04. The molecule has 0 saturated carbocycles. The van der Waals surface area contributed by atoms with Gasteiger partial charge in [0.05, 0.1) is 20.3 Å². The second kappa shape index (κ2) is 8.20. The number of carbonyl (C=O) groups excluding carboxylic acids is 1. The lowest BCUT2D eigenvalue weighted by Gasteiger charge is -2.11. The first-order chi connectivity index (χ1) is 10.7. The molecule has 0 heterocycles. The van der Waals surface area contributed by atoms with Crippen molar-refractivity contribution in [3.63, 3.8) is 0 Å². The van der Waals surface area contributed by atoms with Crippen LogP contribution in [-0.2, 0) is 18.0 Å². The number of nitrogens with one attached hydrogen (secondary N) is 1. The van der Waals surface area contributed by atoms with E-state index in [1.165, 1.54) is 0 Å². The SMILES string of the molecule is CCNC(=O)c1ccc(OC)c(COCc2ccccc2)c1. The Kier molecular flexibility index (Phi) is 5.98. The fourth-order valence-electron chi connectivity index (χ4n) is 2.15. The number of amides is 1. The van der Waals surface area contributed by atoms with Crippen molar-refractivity contribution in [2.24, 2.45) is 0 Å². The van der Waals surface area contributed by atoms with Crippen LogP contribution in [0.1, 0.15) is 28.4 Å². The second-order valence-electron chi connectivity index (χ2n) is 4.86. The van der Waals surface area contributed by atoms with Gasteiger partial charge in [0.2, 0.25) is 0 Å². The first-order valence-corrected chi connectivity index (χ1v) is 7.31. The summed E-state index contributed by atoms with van der Waals surface area (Å²) in [5.74, 6) is 0.635. The van der Waals surface area contributed by atoms with Gasteiger partial charge in [-0.2, -0.15) is 0 Å². The van der Waals surface area contributed by atoms with E-state index >= 15 is 0 Å². The van der Waals surface area contributed by atoms with Gasteiger partial charge in [-0.3, -0.25) is 4.79 Å². The Hall–Kier alpha value is -2.33. The minimum absolute atomic E-state index is 0.0885. The number of benzene rings is 2. The highest BCUT2D eigenvalue weighted by Gasteiger charge is 2.09. The quantitative estimate of drug-likeness (QED) is 0.854. The van der Waals surface area contributed by atoms with Gasteiger partial charge in [0, 0.05) is 17.7 Å². The van der Waals surface area contributed by atoms with E-state index in [1.54, 1.807) is 19.2 Å². The number of hydrogen-bond acceptors (Lipinski definition) is 3. The molecule has 22 heavy (non-hydrogen) atoms. The van der Waals surface area contributed by atoms with Crippen LogP contribution in [0.2, 0.25) is 0 Å². The predicted octanol–water partition coefficient (Wildman–Crippen LogP) is 3.16. The average molecular weight is 299 g/mol. The lowest BCUT2D eigenvalue weighted by molar-refractivity contribution is 0.0953. The smallest absolute Gasteiger partial charge is 0.251 e. The van der Waals surface area contributed by atoms with Crippen molar-refractivity contribution in [2.45, 2.75) is 20.1 Å². The van der Waals surface area contributed by atoms with Crippen LogP contribution < -0.4 is 10.1 Å². The molecule has 1 N–H and O–H groups in total. The van der Waals surface area contributed by atoms with Gasteiger partial charge in [0.1, 0.15) is 5.75 Å². The molecule has 0 spiro atoms. The minimum atomic E-state index is -0.0885. The van der Waals surface area contributed by atoms with E-state index in [0.29, 0.717) is 25.3 Å². The van der Waals surface area contributed by atoms with E-state index in [4.69, 9.17) is 9.47 Å². The molecule has 0 atom stereocenters. The molecule has 0 fully saturated rings. The summed E-state index contributed by atoms with van der Waals surface area (Å²) >= 11 is 0. The van der Waals surface area contributed by atoms with Crippen LogP contribution >= 0.6 is 0 Å². The van der Waals surface area contributed by atoms with Crippen LogP contribution in [0.15, 0.2) is 48.5 Å². The monoisotopic (exact) mass is 299 g/mol. The molecule has 0 aliphatic carbocycles. The van der Waals surface area contributed by atoms with Gasteiger partial charge in [-0.1, -0.05) is 30.3 Å². The fourth-order valence-corrected chi connectivity index (χ4v) is 2.15. The molecule has 4 nitrogen and oxygen atoms in total. The highest BCUT2D eigenvalue weighted by Crippen LogP contribution is 2.21. The van der Waals surface area contributed by atoms with Gasteiger partial charge in [0.25, 0.3) is 5.91 Å². The average Bonchev–Trinajstić information content (AvgIpc) is 2.56. The van der Waals surface area contributed by atoms with Crippen molar-refractivity contribution < 1.29 is 14.3 Å². The van der Waals surface area contributed by atoms with Crippen molar-refractivity contribution in [1.82, 2.24) is 5.32 Å². The predicted molar refractivity (Wildman–Crippen MR) is 85.9 cm³/mol. The van der Waals surface area contributed by atoms with Crippen LogP contribution in [0.25, 0.3) is 0 Å². The van der Waals surface area contributed by atoms with Crippen LogP contribution in [0.4, 0.5) is 0 Å². The first kappa shape index (κ1) is 16.0. The van der Waals surface area contributed by atoms with Crippen LogP contribution in [0.5, 0.6) is 5.75 Å². The second-order valence-corrected chi connectivity index (χ2v) is 4.86. The summed E-state index contributed by atoms with van der Waals surface area (Å²) in [4.78, 5) is 11.9. The third kappa shape index (κ3) is 4.33. The van der Waals surface area contributed by atoms with Crippen molar-refractivity contribution in [1.29, 1.82) is 0 Å². The largest absolute Gasteiger partial charge is 0.496 e. The highest BCUT2D eigenvalue weighted by molar-refractivity contribution is 5.94. The van der Waals surface area contributed by atoms with E-state index in [9.17, 15) is 4.79 Å². The number of ether oxygens (including phenoxy) is 2. The molecule has 4 heteroatoms. The summed E-state index contributed by atoms with van der Waals surface area (Å²) in [7, 11) is 1.61. The molecule has 2 aromatic rings. The zero-order valence-corrected chi connectivity index (χ0v) is 13.0. The first-order valence-electron chi connectivity index (χ1n) is 7.31. The van der Waals surface area contributed by atoms with Crippen LogP contribution in [0.3, 0.4) is 0 Å². The Morgan fingerprint density at radius 1 is 1.09 bits per heavy atom. The van der Waals surface area contributed by atoms with Gasteiger partial charge in [-0.25, -0.2) is 0 Å². The molecule has 0 aromatic heterocycles. The Morgan fingerprint density at radius 2 is 1.86 bits per heavy atom. The van der Waals surface area contributed by atoms with E-state index in [1.807, 2.05) is 43.3 Å². The molecule has 0 aliphatic rings. The number of rotatable bonds is 7. The number of carbonyl (C=O) groups is 1. The Labute approximate surface area is 131 Å². The zero-order valence-electron chi connectivity index (χ0n) is 13.0. The summed E-state index contributed by atoms with van der Waals surface area (Å²) in [6.45, 7) is 3.41. The summed E-state index contributed by atoms with van der Waals surface area (Å²) in [6.07, 6.45) is 0. The van der Waals surface area contributed by atoms with Crippen LogP contribution in [0, 0.1) is 0 Å². The van der Waals surface area contributed by atoms with Crippen molar-refractivity contribution in [3.8, 4) is 5.75 Å². The molecule has 0 radical (unpaired) electrons.